The van der Waals surface area contributed by atoms with Crippen molar-refractivity contribution in [2.24, 2.45) is 5.92 Å². The molecule has 0 aromatic carbocycles. The molecule has 0 heterocycles. The zero-order valence-electron chi connectivity index (χ0n) is 34.7. The van der Waals surface area contributed by atoms with Crippen molar-refractivity contribution in [2.45, 2.75) is 220 Å². The van der Waals surface area contributed by atoms with Crippen LogP contribution in [-0.2, 0) is 28.6 Å². The van der Waals surface area contributed by atoms with Gasteiger partial charge in [-0.05, 0) is 70.9 Å². The van der Waals surface area contributed by atoms with Gasteiger partial charge in [0.2, 0.25) is 0 Å². The second-order valence-corrected chi connectivity index (χ2v) is 15.3. The minimum atomic E-state index is -0.469. The van der Waals surface area contributed by atoms with Crippen molar-refractivity contribution in [3.63, 3.8) is 0 Å². The highest BCUT2D eigenvalue weighted by Crippen LogP contribution is 2.18. The van der Waals surface area contributed by atoms with Crippen molar-refractivity contribution in [3.05, 3.63) is 0 Å². The molecule has 8 heteroatoms. The van der Waals surface area contributed by atoms with E-state index in [2.05, 4.69) is 25.7 Å². The summed E-state index contributed by atoms with van der Waals surface area (Å²) in [4.78, 5) is 39.1. The zero-order chi connectivity index (χ0) is 38.3. The molecule has 0 aliphatic rings. The summed E-state index contributed by atoms with van der Waals surface area (Å²) >= 11 is 0. The summed E-state index contributed by atoms with van der Waals surface area (Å²) in [5.74, 6) is -1.12. The summed E-state index contributed by atoms with van der Waals surface area (Å²) in [6, 6.07) is 0. The highest BCUT2D eigenvalue weighted by Gasteiger charge is 2.19. The number of esters is 3. The number of carbonyl (C=O) groups excluding carboxylic acids is 3. The van der Waals surface area contributed by atoms with Crippen molar-refractivity contribution in [1.82, 2.24) is 4.90 Å². The lowest BCUT2D eigenvalue weighted by molar-refractivity contribution is -0.154. The van der Waals surface area contributed by atoms with Crippen LogP contribution < -0.4 is 0 Å². The van der Waals surface area contributed by atoms with Crippen LogP contribution in [-0.4, -0.2) is 73.5 Å². The largest absolute Gasteiger partial charge is 0.466 e. The van der Waals surface area contributed by atoms with Crippen LogP contribution in [0.3, 0.4) is 0 Å². The molecule has 0 bridgehead atoms. The van der Waals surface area contributed by atoms with Gasteiger partial charge in [0.1, 0.15) is 6.10 Å². The Morgan fingerprint density at radius 2 is 0.962 bits per heavy atom. The van der Waals surface area contributed by atoms with E-state index in [-0.39, 0.29) is 37.0 Å². The Morgan fingerprint density at radius 1 is 0.519 bits per heavy atom. The molecule has 8 nitrogen and oxygen atoms in total. The molecule has 1 N–H and O–H groups in total. The van der Waals surface area contributed by atoms with Crippen molar-refractivity contribution >= 4 is 17.9 Å². The van der Waals surface area contributed by atoms with E-state index in [1.807, 2.05) is 0 Å². The molecule has 1 atom stereocenters. The smallest absolute Gasteiger partial charge is 0.309 e. The zero-order valence-corrected chi connectivity index (χ0v) is 34.7. The summed E-state index contributed by atoms with van der Waals surface area (Å²) in [7, 11) is 0. The SMILES string of the molecule is CCCCCCCCC(CCCCCCCC)OC(=O)CCCCCCCN(CCO)CCCCCCCOC(=O)CC(C)C(=O)OCCCCC. The van der Waals surface area contributed by atoms with Crippen LogP contribution in [0.5, 0.6) is 0 Å². The van der Waals surface area contributed by atoms with Crippen LogP contribution in [0.25, 0.3) is 0 Å². The predicted octanol–water partition coefficient (Wildman–Crippen LogP) is 11.3. The first kappa shape index (κ1) is 50.3. The number of unbranched alkanes of at least 4 members (excludes halogenated alkanes) is 20. The summed E-state index contributed by atoms with van der Waals surface area (Å²) in [5, 5.41) is 9.54. The van der Waals surface area contributed by atoms with Crippen LogP contribution in [0.2, 0.25) is 0 Å². The van der Waals surface area contributed by atoms with Crippen molar-refractivity contribution < 1.29 is 33.7 Å². The maximum Gasteiger partial charge on any atom is 0.309 e. The third kappa shape index (κ3) is 34.1. The highest BCUT2D eigenvalue weighted by atomic mass is 16.5. The Labute approximate surface area is 321 Å². The van der Waals surface area contributed by atoms with Gasteiger partial charge >= 0.3 is 17.9 Å². The maximum absolute atomic E-state index is 12.7. The molecule has 1 unspecified atom stereocenters. The molecule has 0 spiro atoms. The summed E-state index contributed by atoms with van der Waals surface area (Å²) in [6.07, 6.45) is 31.5. The van der Waals surface area contributed by atoms with E-state index in [1.54, 1.807) is 6.92 Å². The van der Waals surface area contributed by atoms with Gasteiger partial charge < -0.3 is 24.2 Å². The molecule has 0 radical (unpaired) electrons. The quantitative estimate of drug-likeness (QED) is 0.0376. The first-order chi connectivity index (χ1) is 25.4. The average Bonchev–Trinajstić information content (AvgIpc) is 3.13. The van der Waals surface area contributed by atoms with Crippen molar-refractivity contribution in [1.29, 1.82) is 0 Å². The van der Waals surface area contributed by atoms with Crippen LogP contribution in [0, 0.1) is 5.92 Å². The lowest BCUT2D eigenvalue weighted by atomic mass is 10.0. The third-order valence-corrected chi connectivity index (χ3v) is 10.1. The lowest BCUT2D eigenvalue weighted by Gasteiger charge is -2.21. The standard InChI is InChI=1S/C44H85NO7/c1-5-8-11-13-17-23-30-41(31-24-18-14-12-9-6-2)52-42(47)32-25-19-15-20-26-33-45(35-36-46)34-27-21-16-22-29-37-50-43(48)39-40(4)44(49)51-38-28-10-7-3/h40-41,46H,5-39H2,1-4H3. The summed E-state index contributed by atoms with van der Waals surface area (Å²) in [6.45, 7) is 12.0. The Balaban J connectivity index is 4.02. The molecule has 0 aliphatic carbocycles. The van der Waals surface area contributed by atoms with Gasteiger partial charge in [-0.1, -0.05) is 143 Å². The molecule has 52 heavy (non-hydrogen) atoms. The van der Waals surface area contributed by atoms with E-state index in [4.69, 9.17) is 14.2 Å². The second-order valence-electron chi connectivity index (χ2n) is 15.3. The maximum atomic E-state index is 12.7. The number of hydrogen-bond acceptors (Lipinski definition) is 8. The first-order valence-corrected chi connectivity index (χ1v) is 22.2. The van der Waals surface area contributed by atoms with Crippen molar-refractivity contribution in [3.8, 4) is 0 Å². The fourth-order valence-electron chi connectivity index (χ4n) is 6.64. The fraction of sp³-hybridized carbons (Fsp3) is 0.932. The van der Waals surface area contributed by atoms with Gasteiger partial charge in [0, 0.05) is 13.0 Å². The van der Waals surface area contributed by atoms with Crippen LogP contribution in [0.15, 0.2) is 0 Å². The number of aliphatic hydroxyl groups excluding tert-OH is 1. The predicted molar refractivity (Wildman–Crippen MR) is 215 cm³/mol. The number of aliphatic hydroxyl groups is 1. The van der Waals surface area contributed by atoms with E-state index < -0.39 is 5.92 Å². The highest BCUT2D eigenvalue weighted by molar-refractivity contribution is 5.79. The summed E-state index contributed by atoms with van der Waals surface area (Å²) in [5.41, 5.74) is 0. The molecule has 0 aromatic heterocycles. The Kier molecular flexibility index (Phi) is 37.8. The number of rotatable bonds is 40. The number of ether oxygens (including phenoxy) is 3. The van der Waals surface area contributed by atoms with Gasteiger partial charge in [0.25, 0.3) is 0 Å². The van der Waals surface area contributed by atoms with Gasteiger partial charge in [0.15, 0.2) is 0 Å². The van der Waals surface area contributed by atoms with Gasteiger partial charge in [0.05, 0.1) is 32.2 Å². The van der Waals surface area contributed by atoms with E-state index in [0.29, 0.717) is 26.2 Å². The molecule has 0 aromatic rings. The minimum Gasteiger partial charge on any atom is -0.466 e. The molecule has 0 aliphatic heterocycles. The lowest BCUT2D eigenvalue weighted by Crippen LogP contribution is -2.29. The topological polar surface area (TPSA) is 102 Å². The number of hydrogen-bond donors (Lipinski definition) is 1. The van der Waals surface area contributed by atoms with Gasteiger partial charge in [-0.2, -0.15) is 0 Å². The molecular weight excluding hydrogens is 654 g/mol. The van der Waals surface area contributed by atoms with Crippen molar-refractivity contribution in [2.75, 3.05) is 39.5 Å². The Hall–Kier alpha value is -1.67. The van der Waals surface area contributed by atoms with Gasteiger partial charge in [-0.25, -0.2) is 0 Å². The van der Waals surface area contributed by atoms with Crippen LogP contribution in [0.4, 0.5) is 0 Å². The molecule has 0 saturated carbocycles. The normalized spacial score (nSPS) is 12.1. The molecular formula is C44H85NO7. The van der Waals surface area contributed by atoms with Crippen LogP contribution in [0.1, 0.15) is 214 Å². The fourth-order valence-corrected chi connectivity index (χ4v) is 6.64. The van der Waals surface area contributed by atoms with Gasteiger partial charge in [-0.15, -0.1) is 0 Å². The third-order valence-electron chi connectivity index (χ3n) is 10.1. The molecule has 308 valence electrons. The number of carbonyl (C=O) groups is 3. The van der Waals surface area contributed by atoms with E-state index in [1.165, 1.54) is 77.0 Å². The summed E-state index contributed by atoms with van der Waals surface area (Å²) < 4.78 is 16.6. The average molecular weight is 740 g/mol. The Bertz CT molecular complexity index is 791. The van der Waals surface area contributed by atoms with E-state index in [9.17, 15) is 19.5 Å². The van der Waals surface area contributed by atoms with Gasteiger partial charge in [-0.3, -0.25) is 14.4 Å². The Morgan fingerprint density at radius 3 is 1.52 bits per heavy atom. The first-order valence-electron chi connectivity index (χ1n) is 22.2. The minimum absolute atomic E-state index is 0.00114. The van der Waals surface area contributed by atoms with E-state index in [0.717, 1.165) is 109 Å². The monoisotopic (exact) mass is 740 g/mol. The van der Waals surface area contributed by atoms with E-state index >= 15 is 0 Å². The molecule has 0 amide bonds. The second kappa shape index (κ2) is 39.0. The molecule has 0 rings (SSSR count). The van der Waals surface area contributed by atoms with Crippen LogP contribution >= 0.6 is 0 Å². The molecule has 0 saturated heterocycles. The number of nitrogens with zero attached hydrogens (tertiary/aromatic N) is 1. The molecule has 0 fully saturated rings.